The molecule has 0 saturated carbocycles. The molecule has 14 nitrogen and oxygen atoms in total. The van der Waals surface area contributed by atoms with E-state index in [-0.39, 0.29) is 36.0 Å². The lowest BCUT2D eigenvalue weighted by molar-refractivity contribution is -0.384. The molecule has 1 saturated heterocycles. The maximum absolute atomic E-state index is 13.1. The molecule has 1 aliphatic rings. The van der Waals surface area contributed by atoms with Gasteiger partial charge < -0.3 is 15.0 Å². The number of nitrogens with one attached hydrogen (secondary N) is 3. The number of nitro benzene ring substituents is 1. The normalized spacial score (nSPS) is 16.1. The first-order valence-corrected chi connectivity index (χ1v) is 16.5. The van der Waals surface area contributed by atoms with Crippen LogP contribution in [0.25, 0.3) is 11.0 Å². The molecule has 5 rings (SSSR count). The van der Waals surface area contributed by atoms with Crippen LogP contribution >= 0.6 is 0 Å². The van der Waals surface area contributed by atoms with Gasteiger partial charge >= 0.3 is 0 Å². The largest absolute Gasteiger partial charge is 0.455 e. The zero-order valence-corrected chi connectivity index (χ0v) is 24.5. The van der Waals surface area contributed by atoms with Crippen LogP contribution in [-0.2, 0) is 20.0 Å². The van der Waals surface area contributed by atoms with Crippen molar-refractivity contribution >= 4 is 48.4 Å². The third-order valence-corrected chi connectivity index (χ3v) is 9.57. The molecule has 0 spiro atoms. The molecular weight excluding hydrogens is 600 g/mol. The summed E-state index contributed by atoms with van der Waals surface area (Å²) in [5, 5.41) is 15.6. The second-order valence-electron chi connectivity index (χ2n) is 10.1. The van der Waals surface area contributed by atoms with E-state index in [1.54, 1.807) is 24.4 Å². The van der Waals surface area contributed by atoms with E-state index in [0.29, 0.717) is 24.4 Å². The Balaban J connectivity index is 1.31. The van der Waals surface area contributed by atoms with Gasteiger partial charge in [-0.2, -0.15) is 0 Å². The van der Waals surface area contributed by atoms with Crippen LogP contribution in [0, 0.1) is 16.0 Å². The number of anilines is 1. The van der Waals surface area contributed by atoms with Crippen LogP contribution in [0.3, 0.4) is 0 Å². The Morgan fingerprint density at radius 1 is 1.16 bits per heavy atom. The summed E-state index contributed by atoms with van der Waals surface area (Å²) >= 11 is 0. The molecule has 1 fully saturated rings. The van der Waals surface area contributed by atoms with Crippen molar-refractivity contribution in [2.45, 2.75) is 17.7 Å². The Morgan fingerprint density at radius 3 is 2.72 bits per heavy atom. The van der Waals surface area contributed by atoms with Crippen molar-refractivity contribution in [3.8, 4) is 11.5 Å². The van der Waals surface area contributed by atoms with Gasteiger partial charge in [-0.3, -0.25) is 14.9 Å². The standard InChI is InChI=1S/C27H28N6O8S2/c1-42(37,38)32-12-4-5-18(17-32)15-29-23-9-8-21(14-24(23)33(35)36)43(39,40)31-27(34)22-6-2-3-7-25(22)41-20-13-19-10-11-28-26(19)30-16-20/h2-3,6-11,13-14,16,18,29H,4-5,12,15,17H2,1H3,(H,28,30)(H,31,34). The summed E-state index contributed by atoms with van der Waals surface area (Å²) in [7, 11) is -7.88. The predicted octanol–water partition coefficient (Wildman–Crippen LogP) is 3.47. The number of para-hydroxylation sites is 1. The van der Waals surface area contributed by atoms with Crippen molar-refractivity contribution in [3.05, 3.63) is 82.7 Å². The SMILES string of the molecule is CS(=O)(=O)N1CCCC(CNc2ccc(S(=O)(=O)NC(=O)c3ccccc3Oc3cnc4[nH]ccc4c3)cc2[N+](=O)[O-])C1. The number of carbonyl (C=O) groups excluding carboxylic acids is 1. The number of H-pyrrole nitrogens is 1. The number of hydrogen-bond acceptors (Lipinski definition) is 10. The molecule has 16 heteroatoms. The molecule has 0 bridgehead atoms. The number of amides is 1. The minimum atomic E-state index is -4.53. The summed E-state index contributed by atoms with van der Waals surface area (Å²) < 4.78 is 59.2. The number of benzene rings is 2. The fourth-order valence-corrected chi connectivity index (χ4v) is 6.74. The summed E-state index contributed by atoms with van der Waals surface area (Å²) in [4.78, 5) is 30.9. The van der Waals surface area contributed by atoms with Crippen LogP contribution in [0.15, 0.2) is 71.9 Å². The number of piperidine rings is 1. The average molecular weight is 629 g/mol. The highest BCUT2D eigenvalue weighted by atomic mass is 32.2. The molecule has 4 aromatic rings. The molecular formula is C27H28N6O8S2. The Bertz CT molecular complexity index is 1910. The van der Waals surface area contributed by atoms with Crippen LogP contribution in [0.1, 0.15) is 23.2 Å². The van der Waals surface area contributed by atoms with Crippen LogP contribution in [0.2, 0.25) is 0 Å². The van der Waals surface area contributed by atoms with Crippen LogP contribution in [-0.4, -0.2) is 67.8 Å². The monoisotopic (exact) mass is 628 g/mol. The molecule has 0 aliphatic carbocycles. The summed E-state index contributed by atoms with van der Waals surface area (Å²) in [5.74, 6) is -0.682. The van der Waals surface area contributed by atoms with E-state index in [1.807, 2.05) is 4.72 Å². The minimum absolute atomic E-state index is 0.0681. The van der Waals surface area contributed by atoms with Crippen molar-refractivity contribution in [2.24, 2.45) is 5.92 Å². The van der Waals surface area contributed by atoms with E-state index in [2.05, 4.69) is 15.3 Å². The van der Waals surface area contributed by atoms with E-state index in [1.165, 1.54) is 34.8 Å². The van der Waals surface area contributed by atoms with Gasteiger partial charge in [-0.15, -0.1) is 0 Å². The Hall–Kier alpha value is -4.54. The Labute approximate surface area is 247 Å². The Morgan fingerprint density at radius 2 is 1.95 bits per heavy atom. The lowest BCUT2D eigenvalue weighted by atomic mass is 9.99. The number of carbonyl (C=O) groups is 1. The van der Waals surface area contributed by atoms with Crippen LogP contribution in [0.4, 0.5) is 11.4 Å². The van der Waals surface area contributed by atoms with E-state index >= 15 is 0 Å². The number of nitro groups is 1. The number of hydrogen-bond donors (Lipinski definition) is 3. The first-order chi connectivity index (χ1) is 20.4. The van der Waals surface area contributed by atoms with Gasteiger partial charge in [-0.25, -0.2) is 30.8 Å². The van der Waals surface area contributed by atoms with Gasteiger partial charge in [0.05, 0.1) is 27.8 Å². The lowest BCUT2D eigenvalue weighted by Gasteiger charge is -2.31. The van der Waals surface area contributed by atoms with E-state index in [0.717, 1.165) is 30.2 Å². The van der Waals surface area contributed by atoms with E-state index in [4.69, 9.17) is 4.74 Å². The number of aromatic amines is 1. The summed E-state index contributed by atoms with van der Waals surface area (Å²) in [5.41, 5.74) is 0.122. The lowest BCUT2D eigenvalue weighted by Crippen LogP contribution is -2.41. The molecule has 0 radical (unpaired) electrons. The highest BCUT2D eigenvalue weighted by Crippen LogP contribution is 2.30. The van der Waals surface area contributed by atoms with Crippen molar-refractivity contribution in [1.82, 2.24) is 19.0 Å². The van der Waals surface area contributed by atoms with Gasteiger partial charge in [0.15, 0.2) is 0 Å². The summed E-state index contributed by atoms with van der Waals surface area (Å²) in [6.45, 7) is 0.949. The molecule has 1 atom stereocenters. The molecule has 3 N–H and O–H groups in total. The second kappa shape index (κ2) is 12.0. The van der Waals surface area contributed by atoms with Crippen LogP contribution in [0.5, 0.6) is 11.5 Å². The highest BCUT2D eigenvalue weighted by Gasteiger charge is 2.28. The smallest absolute Gasteiger partial charge is 0.293 e. The molecule has 2 aromatic heterocycles. The number of rotatable bonds is 10. The van der Waals surface area contributed by atoms with Gasteiger partial charge in [-0.05, 0) is 55.2 Å². The van der Waals surface area contributed by atoms with E-state index < -0.39 is 41.5 Å². The van der Waals surface area contributed by atoms with Crippen molar-refractivity contribution < 1.29 is 31.3 Å². The maximum atomic E-state index is 13.1. The highest BCUT2D eigenvalue weighted by molar-refractivity contribution is 7.90. The number of pyridine rings is 1. The maximum Gasteiger partial charge on any atom is 0.293 e. The number of fused-ring (bicyclic) bond motifs is 1. The molecule has 1 aliphatic heterocycles. The fourth-order valence-electron chi connectivity index (χ4n) is 4.81. The molecule has 1 amide bonds. The molecule has 2 aromatic carbocycles. The molecule has 43 heavy (non-hydrogen) atoms. The second-order valence-corrected chi connectivity index (χ2v) is 13.7. The number of ether oxygens (including phenoxy) is 1. The van der Waals surface area contributed by atoms with Gasteiger partial charge in [0.2, 0.25) is 10.0 Å². The number of aromatic nitrogens is 2. The van der Waals surface area contributed by atoms with Crippen molar-refractivity contribution in [2.75, 3.05) is 31.2 Å². The zero-order valence-electron chi connectivity index (χ0n) is 22.9. The van der Waals surface area contributed by atoms with Gasteiger partial charge in [0.25, 0.3) is 21.6 Å². The first kappa shape index (κ1) is 29.9. The minimum Gasteiger partial charge on any atom is -0.455 e. The topological polar surface area (TPSA) is 194 Å². The van der Waals surface area contributed by atoms with Gasteiger partial charge in [0.1, 0.15) is 22.8 Å². The summed E-state index contributed by atoms with van der Waals surface area (Å²) in [6.07, 6.45) is 5.69. The summed E-state index contributed by atoms with van der Waals surface area (Å²) in [6, 6.07) is 12.8. The average Bonchev–Trinajstić information content (AvgIpc) is 3.44. The van der Waals surface area contributed by atoms with Gasteiger partial charge in [0, 0.05) is 37.3 Å². The third-order valence-electron chi connectivity index (χ3n) is 6.97. The number of sulfonamides is 2. The van der Waals surface area contributed by atoms with Gasteiger partial charge in [-0.1, -0.05) is 12.1 Å². The molecule has 1 unspecified atom stereocenters. The zero-order chi connectivity index (χ0) is 30.8. The first-order valence-electron chi connectivity index (χ1n) is 13.2. The molecule has 3 heterocycles. The number of nitrogens with zero attached hydrogens (tertiary/aromatic N) is 3. The fraction of sp³-hybridized carbons (Fsp3) is 0.259. The van der Waals surface area contributed by atoms with Crippen LogP contribution < -0.4 is 14.8 Å². The molecule has 226 valence electrons. The quantitative estimate of drug-likeness (QED) is 0.173. The van der Waals surface area contributed by atoms with Crippen molar-refractivity contribution in [3.63, 3.8) is 0 Å². The van der Waals surface area contributed by atoms with E-state index in [9.17, 15) is 31.7 Å². The van der Waals surface area contributed by atoms with Crippen molar-refractivity contribution in [1.29, 1.82) is 0 Å². The predicted molar refractivity (Wildman–Crippen MR) is 158 cm³/mol. The Kier molecular flexibility index (Phi) is 8.34. The third kappa shape index (κ3) is 6.93.